The summed E-state index contributed by atoms with van der Waals surface area (Å²) in [6.45, 7) is 3.61. The smallest absolute Gasteiger partial charge is 0.312 e. The SMILES string of the molecule is COC(=O)C(C)(C)C(Br)c1ccco1. The standard InChI is InChI=1S/C10H13BrO3/c1-10(2,9(12)13-3)8(11)7-5-4-6-14-7/h4-6,8H,1-3H3. The summed E-state index contributed by atoms with van der Waals surface area (Å²) in [5.41, 5.74) is -0.646. The third-order valence-corrected chi connectivity index (χ3v) is 3.73. The average Bonchev–Trinajstić information content (AvgIpc) is 2.67. The van der Waals surface area contributed by atoms with Gasteiger partial charge in [-0.15, -0.1) is 0 Å². The maximum atomic E-state index is 11.5. The zero-order chi connectivity index (χ0) is 10.8. The third kappa shape index (κ3) is 2.00. The lowest BCUT2D eigenvalue weighted by atomic mass is 9.88. The zero-order valence-corrected chi connectivity index (χ0v) is 10.00. The van der Waals surface area contributed by atoms with Gasteiger partial charge in [-0.3, -0.25) is 4.79 Å². The number of furan rings is 1. The molecule has 1 aromatic heterocycles. The first-order valence-electron chi connectivity index (χ1n) is 4.26. The summed E-state index contributed by atoms with van der Waals surface area (Å²) in [4.78, 5) is 11.3. The second-order valence-corrected chi connectivity index (χ2v) is 4.51. The Balaban J connectivity index is 2.88. The molecule has 0 saturated carbocycles. The van der Waals surface area contributed by atoms with E-state index in [1.807, 2.05) is 6.07 Å². The molecular formula is C10H13BrO3. The van der Waals surface area contributed by atoms with Crippen LogP contribution >= 0.6 is 15.9 Å². The molecule has 0 N–H and O–H groups in total. The highest BCUT2D eigenvalue weighted by Crippen LogP contribution is 2.41. The van der Waals surface area contributed by atoms with Gasteiger partial charge in [0.25, 0.3) is 0 Å². The van der Waals surface area contributed by atoms with Gasteiger partial charge in [-0.1, -0.05) is 15.9 Å². The summed E-state index contributed by atoms with van der Waals surface area (Å²) < 4.78 is 9.95. The van der Waals surface area contributed by atoms with Gasteiger partial charge in [-0.05, 0) is 26.0 Å². The van der Waals surface area contributed by atoms with Crippen LogP contribution < -0.4 is 0 Å². The Bertz CT molecular complexity index is 303. The summed E-state index contributed by atoms with van der Waals surface area (Å²) in [7, 11) is 1.38. The number of carbonyl (C=O) groups excluding carboxylic acids is 1. The highest BCUT2D eigenvalue weighted by Gasteiger charge is 2.38. The Hall–Kier alpha value is -0.770. The van der Waals surface area contributed by atoms with Crippen LogP contribution in [-0.4, -0.2) is 13.1 Å². The van der Waals surface area contributed by atoms with E-state index in [0.29, 0.717) is 0 Å². The maximum Gasteiger partial charge on any atom is 0.312 e. The first kappa shape index (κ1) is 11.3. The lowest BCUT2D eigenvalue weighted by Gasteiger charge is -2.25. The van der Waals surface area contributed by atoms with Crippen molar-refractivity contribution in [2.45, 2.75) is 18.7 Å². The number of hydrogen-bond donors (Lipinski definition) is 0. The van der Waals surface area contributed by atoms with Crippen molar-refractivity contribution in [2.24, 2.45) is 5.41 Å². The van der Waals surface area contributed by atoms with Crippen molar-refractivity contribution in [3.8, 4) is 0 Å². The lowest BCUT2D eigenvalue weighted by molar-refractivity contribution is -0.150. The van der Waals surface area contributed by atoms with E-state index in [2.05, 4.69) is 15.9 Å². The molecule has 14 heavy (non-hydrogen) atoms. The number of ether oxygens (including phenoxy) is 1. The molecule has 1 aromatic rings. The van der Waals surface area contributed by atoms with Crippen LogP contribution in [0.15, 0.2) is 22.8 Å². The van der Waals surface area contributed by atoms with Crippen LogP contribution in [0.2, 0.25) is 0 Å². The molecule has 1 heterocycles. The molecule has 0 aliphatic carbocycles. The van der Waals surface area contributed by atoms with E-state index in [1.165, 1.54) is 7.11 Å². The quantitative estimate of drug-likeness (QED) is 0.620. The van der Waals surface area contributed by atoms with Crippen LogP contribution in [-0.2, 0) is 9.53 Å². The summed E-state index contributed by atoms with van der Waals surface area (Å²) in [5.74, 6) is 0.455. The number of halogens is 1. The highest BCUT2D eigenvalue weighted by molar-refractivity contribution is 9.09. The number of methoxy groups -OCH3 is 1. The number of carbonyl (C=O) groups is 1. The molecule has 0 spiro atoms. The molecule has 0 fully saturated rings. The van der Waals surface area contributed by atoms with E-state index in [-0.39, 0.29) is 10.8 Å². The van der Waals surface area contributed by atoms with Gasteiger partial charge in [0.2, 0.25) is 0 Å². The lowest BCUT2D eigenvalue weighted by Crippen LogP contribution is -2.29. The fourth-order valence-corrected chi connectivity index (χ4v) is 1.61. The number of rotatable bonds is 3. The molecule has 0 radical (unpaired) electrons. The Morgan fingerprint density at radius 3 is 2.71 bits per heavy atom. The van der Waals surface area contributed by atoms with Gasteiger partial charge in [0.1, 0.15) is 5.76 Å². The fraction of sp³-hybridized carbons (Fsp3) is 0.500. The molecule has 1 atom stereocenters. The number of alkyl halides is 1. The average molecular weight is 261 g/mol. The van der Waals surface area contributed by atoms with Crippen molar-refractivity contribution in [2.75, 3.05) is 7.11 Å². The first-order valence-corrected chi connectivity index (χ1v) is 5.17. The molecule has 78 valence electrons. The molecule has 0 bridgehead atoms. The van der Waals surface area contributed by atoms with Gasteiger partial charge < -0.3 is 9.15 Å². The fourth-order valence-electron chi connectivity index (χ4n) is 1.16. The van der Waals surface area contributed by atoms with Gasteiger partial charge in [0.05, 0.1) is 23.6 Å². The van der Waals surface area contributed by atoms with E-state index in [4.69, 9.17) is 9.15 Å². The minimum atomic E-state index is -0.646. The van der Waals surface area contributed by atoms with Crippen LogP contribution in [0.1, 0.15) is 24.4 Å². The Morgan fingerprint density at radius 1 is 1.64 bits per heavy atom. The van der Waals surface area contributed by atoms with E-state index in [1.54, 1.807) is 26.2 Å². The van der Waals surface area contributed by atoms with Crippen molar-refractivity contribution >= 4 is 21.9 Å². The Morgan fingerprint density at radius 2 is 2.29 bits per heavy atom. The molecule has 1 rings (SSSR count). The van der Waals surface area contributed by atoms with Gasteiger partial charge in [-0.2, -0.15) is 0 Å². The number of esters is 1. The second kappa shape index (κ2) is 4.17. The van der Waals surface area contributed by atoms with Gasteiger partial charge in [0, 0.05) is 0 Å². The van der Waals surface area contributed by atoms with Gasteiger partial charge in [0.15, 0.2) is 0 Å². The topological polar surface area (TPSA) is 39.4 Å². The van der Waals surface area contributed by atoms with Crippen molar-refractivity contribution < 1.29 is 13.9 Å². The van der Waals surface area contributed by atoms with Gasteiger partial charge >= 0.3 is 5.97 Å². The van der Waals surface area contributed by atoms with Crippen molar-refractivity contribution in [3.63, 3.8) is 0 Å². The zero-order valence-electron chi connectivity index (χ0n) is 8.41. The summed E-state index contributed by atoms with van der Waals surface area (Å²) in [6.07, 6.45) is 1.58. The van der Waals surface area contributed by atoms with Crippen molar-refractivity contribution in [3.05, 3.63) is 24.2 Å². The Labute approximate surface area is 91.6 Å². The second-order valence-electron chi connectivity index (χ2n) is 3.59. The molecular weight excluding hydrogens is 248 g/mol. The van der Waals surface area contributed by atoms with Crippen molar-refractivity contribution in [1.82, 2.24) is 0 Å². The minimum Gasteiger partial charge on any atom is -0.469 e. The maximum absolute atomic E-state index is 11.5. The molecule has 0 saturated heterocycles. The minimum absolute atomic E-state index is 0.183. The summed E-state index contributed by atoms with van der Waals surface area (Å²) in [6, 6.07) is 3.61. The van der Waals surface area contributed by atoms with E-state index in [0.717, 1.165) is 5.76 Å². The molecule has 4 heteroatoms. The molecule has 0 amide bonds. The third-order valence-electron chi connectivity index (χ3n) is 2.14. The Kier molecular flexibility index (Phi) is 3.37. The summed E-state index contributed by atoms with van der Waals surface area (Å²) >= 11 is 3.43. The monoisotopic (exact) mass is 260 g/mol. The van der Waals surface area contributed by atoms with Crippen LogP contribution in [0.3, 0.4) is 0 Å². The summed E-state index contributed by atoms with van der Waals surface area (Å²) in [5, 5.41) is 0. The molecule has 0 aromatic carbocycles. The predicted octanol–water partition coefficient (Wildman–Crippen LogP) is 2.91. The van der Waals surface area contributed by atoms with E-state index >= 15 is 0 Å². The highest BCUT2D eigenvalue weighted by atomic mass is 79.9. The molecule has 0 aliphatic heterocycles. The normalized spacial score (nSPS) is 13.7. The van der Waals surface area contributed by atoms with Crippen LogP contribution in [0.4, 0.5) is 0 Å². The van der Waals surface area contributed by atoms with Crippen LogP contribution in [0.25, 0.3) is 0 Å². The van der Waals surface area contributed by atoms with Gasteiger partial charge in [-0.25, -0.2) is 0 Å². The first-order chi connectivity index (χ1) is 6.50. The molecule has 1 unspecified atom stereocenters. The number of hydrogen-bond acceptors (Lipinski definition) is 3. The molecule has 3 nitrogen and oxygen atoms in total. The van der Waals surface area contributed by atoms with E-state index < -0.39 is 5.41 Å². The van der Waals surface area contributed by atoms with E-state index in [9.17, 15) is 4.79 Å². The predicted molar refractivity (Wildman–Crippen MR) is 56.2 cm³/mol. The molecule has 0 aliphatic rings. The van der Waals surface area contributed by atoms with Crippen LogP contribution in [0, 0.1) is 5.41 Å². The largest absolute Gasteiger partial charge is 0.469 e. The van der Waals surface area contributed by atoms with Crippen molar-refractivity contribution in [1.29, 1.82) is 0 Å². The van der Waals surface area contributed by atoms with Crippen LogP contribution in [0.5, 0.6) is 0 Å².